The van der Waals surface area contributed by atoms with Gasteiger partial charge in [-0.3, -0.25) is 4.79 Å². The highest BCUT2D eigenvalue weighted by Gasteiger charge is 2.48. The van der Waals surface area contributed by atoms with Crippen LogP contribution in [0.15, 0.2) is 54.6 Å². The second kappa shape index (κ2) is 5.64. The van der Waals surface area contributed by atoms with Gasteiger partial charge < -0.3 is 15.4 Å². The van der Waals surface area contributed by atoms with Crippen LogP contribution in [-0.4, -0.2) is 24.7 Å². The Kier molecular flexibility index (Phi) is 3.65. The van der Waals surface area contributed by atoms with Crippen LogP contribution in [0, 0.1) is 0 Å². The number of hydrogen-bond acceptors (Lipinski definition) is 4. The zero-order valence-electron chi connectivity index (χ0n) is 12.9. The first-order valence-electron chi connectivity index (χ1n) is 7.17. The Hall–Kier alpha value is -3.02. The van der Waals surface area contributed by atoms with Gasteiger partial charge in [0.15, 0.2) is 5.66 Å². The van der Waals surface area contributed by atoms with E-state index in [4.69, 9.17) is 4.74 Å². The van der Waals surface area contributed by atoms with Gasteiger partial charge in [-0.2, -0.15) is 0 Å². The molecule has 3 amide bonds. The molecule has 1 saturated heterocycles. The summed E-state index contributed by atoms with van der Waals surface area (Å²) in [6.45, 7) is 1.64. The first kappa shape index (κ1) is 14.9. The zero-order valence-corrected chi connectivity index (χ0v) is 12.9. The molecule has 6 heteroatoms. The fraction of sp³-hybridized carbons (Fsp3) is 0.176. The van der Waals surface area contributed by atoms with Gasteiger partial charge in [0.1, 0.15) is 5.75 Å². The summed E-state index contributed by atoms with van der Waals surface area (Å²) in [7, 11) is 1.59. The van der Waals surface area contributed by atoms with Crippen LogP contribution in [0.1, 0.15) is 6.92 Å². The lowest BCUT2D eigenvalue weighted by Crippen LogP contribution is -2.51. The molecule has 118 valence electrons. The van der Waals surface area contributed by atoms with Crippen LogP contribution in [0.5, 0.6) is 5.75 Å². The van der Waals surface area contributed by atoms with Crippen LogP contribution in [0.2, 0.25) is 0 Å². The van der Waals surface area contributed by atoms with E-state index >= 15 is 0 Å². The highest BCUT2D eigenvalue weighted by molar-refractivity contribution is 6.23. The standard InChI is InChI=1S/C17H17N3O3/c1-17(18-12-8-10-14(23-2)11-9-12)15(21)20(16(22)19-17)13-6-4-3-5-7-13/h3-11,18H,1-2H3,(H,19,22). The molecular formula is C17H17N3O3. The number of imide groups is 1. The van der Waals surface area contributed by atoms with E-state index in [0.29, 0.717) is 17.1 Å². The number of hydrogen-bond donors (Lipinski definition) is 2. The molecule has 3 rings (SSSR count). The van der Waals surface area contributed by atoms with Gasteiger partial charge in [0.25, 0.3) is 5.91 Å². The van der Waals surface area contributed by atoms with Crippen LogP contribution in [-0.2, 0) is 4.79 Å². The number of para-hydroxylation sites is 1. The van der Waals surface area contributed by atoms with Crippen LogP contribution in [0.3, 0.4) is 0 Å². The lowest BCUT2D eigenvalue weighted by atomic mass is 10.1. The first-order valence-corrected chi connectivity index (χ1v) is 7.17. The van der Waals surface area contributed by atoms with E-state index in [1.165, 1.54) is 0 Å². The molecule has 1 fully saturated rings. The summed E-state index contributed by atoms with van der Waals surface area (Å²) >= 11 is 0. The molecule has 2 aromatic rings. The van der Waals surface area contributed by atoms with Gasteiger partial charge in [-0.15, -0.1) is 0 Å². The van der Waals surface area contributed by atoms with Gasteiger partial charge in [-0.05, 0) is 43.3 Å². The maximum absolute atomic E-state index is 12.7. The summed E-state index contributed by atoms with van der Waals surface area (Å²) in [5.41, 5.74) is 0.0359. The number of anilines is 2. The maximum atomic E-state index is 12.7. The Morgan fingerprint density at radius 2 is 1.70 bits per heavy atom. The Morgan fingerprint density at radius 3 is 2.30 bits per heavy atom. The average Bonchev–Trinajstić information content (AvgIpc) is 2.78. The van der Waals surface area contributed by atoms with Crippen LogP contribution in [0.4, 0.5) is 16.2 Å². The van der Waals surface area contributed by atoms with E-state index in [0.717, 1.165) is 4.90 Å². The molecule has 1 aliphatic heterocycles. The third kappa shape index (κ3) is 2.70. The van der Waals surface area contributed by atoms with Crippen molar-refractivity contribution in [2.24, 2.45) is 0 Å². The van der Waals surface area contributed by atoms with E-state index in [1.807, 2.05) is 6.07 Å². The molecule has 23 heavy (non-hydrogen) atoms. The number of carbonyl (C=O) groups excluding carboxylic acids is 2. The smallest absolute Gasteiger partial charge is 0.331 e. The minimum Gasteiger partial charge on any atom is -0.497 e. The molecule has 2 N–H and O–H groups in total. The summed E-state index contributed by atoms with van der Waals surface area (Å²) in [5.74, 6) is 0.359. The number of amides is 3. The second-order valence-corrected chi connectivity index (χ2v) is 5.38. The molecule has 0 aromatic heterocycles. The van der Waals surface area contributed by atoms with Crippen LogP contribution >= 0.6 is 0 Å². The number of nitrogens with one attached hydrogen (secondary N) is 2. The van der Waals surface area contributed by atoms with Crippen LogP contribution < -0.4 is 20.3 Å². The van der Waals surface area contributed by atoms with E-state index in [-0.39, 0.29) is 5.91 Å². The SMILES string of the molecule is COc1ccc(NC2(C)NC(=O)N(c3ccccc3)C2=O)cc1. The Morgan fingerprint density at radius 1 is 1.04 bits per heavy atom. The monoisotopic (exact) mass is 311 g/mol. The molecule has 1 heterocycles. The van der Waals surface area contributed by atoms with Crippen molar-refractivity contribution in [2.45, 2.75) is 12.6 Å². The van der Waals surface area contributed by atoms with Crippen molar-refractivity contribution in [1.82, 2.24) is 5.32 Å². The lowest BCUT2D eigenvalue weighted by Gasteiger charge is -2.24. The molecule has 1 unspecified atom stereocenters. The third-order valence-corrected chi connectivity index (χ3v) is 3.69. The van der Waals surface area contributed by atoms with E-state index in [2.05, 4.69) is 10.6 Å². The van der Waals surface area contributed by atoms with Crippen LogP contribution in [0.25, 0.3) is 0 Å². The van der Waals surface area contributed by atoms with Gasteiger partial charge in [-0.25, -0.2) is 9.69 Å². The maximum Gasteiger partial charge on any atom is 0.331 e. The fourth-order valence-corrected chi connectivity index (χ4v) is 2.50. The molecule has 2 aromatic carbocycles. The number of benzene rings is 2. The second-order valence-electron chi connectivity index (χ2n) is 5.38. The molecule has 1 atom stereocenters. The number of nitrogens with zero attached hydrogens (tertiary/aromatic N) is 1. The first-order chi connectivity index (χ1) is 11.0. The topological polar surface area (TPSA) is 70.7 Å². The quantitative estimate of drug-likeness (QED) is 0.851. The number of ether oxygens (including phenoxy) is 1. The predicted molar refractivity (Wildman–Crippen MR) is 87.5 cm³/mol. The molecular weight excluding hydrogens is 294 g/mol. The van der Waals surface area contributed by atoms with Crippen molar-refractivity contribution in [1.29, 1.82) is 0 Å². The molecule has 0 bridgehead atoms. The highest BCUT2D eigenvalue weighted by atomic mass is 16.5. The van der Waals surface area contributed by atoms with Gasteiger partial charge in [0.2, 0.25) is 0 Å². The lowest BCUT2D eigenvalue weighted by molar-refractivity contribution is -0.120. The van der Waals surface area contributed by atoms with Crippen molar-refractivity contribution in [3.8, 4) is 5.75 Å². The molecule has 1 aliphatic rings. The number of carbonyl (C=O) groups is 2. The van der Waals surface area contributed by atoms with Gasteiger partial charge >= 0.3 is 6.03 Å². The van der Waals surface area contributed by atoms with Crippen molar-refractivity contribution in [3.05, 3.63) is 54.6 Å². The van der Waals surface area contributed by atoms with E-state index in [1.54, 1.807) is 62.6 Å². The number of urea groups is 1. The number of rotatable bonds is 4. The Labute approximate surface area is 134 Å². The van der Waals surface area contributed by atoms with Gasteiger partial charge in [0, 0.05) is 5.69 Å². The largest absolute Gasteiger partial charge is 0.497 e. The van der Waals surface area contributed by atoms with E-state index < -0.39 is 11.7 Å². The molecule has 6 nitrogen and oxygen atoms in total. The van der Waals surface area contributed by atoms with E-state index in [9.17, 15) is 9.59 Å². The number of methoxy groups -OCH3 is 1. The normalized spacial score (nSPS) is 20.3. The average molecular weight is 311 g/mol. The van der Waals surface area contributed by atoms with Crippen molar-refractivity contribution in [3.63, 3.8) is 0 Å². The molecule has 0 radical (unpaired) electrons. The minimum atomic E-state index is -1.21. The minimum absolute atomic E-state index is 0.357. The van der Waals surface area contributed by atoms with Crippen molar-refractivity contribution < 1.29 is 14.3 Å². The molecule has 0 spiro atoms. The Bertz CT molecular complexity index is 731. The molecule has 0 saturated carbocycles. The third-order valence-electron chi connectivity index (χ3n) is 3.69. The van der Waals surface area contributed by atoms with Crippen molar-refractivity contribution >= 4 is 23.3 Å². The summed E-state index contributed by atoms with van der Waals surface area (Å²) in [6, 6.07) is 15.5. The summed E-state index contributed by atoms with van der Waals surface area (Å²) in [6.07, 6.45) is 0. The highest BCUT2D eigenvalue weighted by Crippen LogP contribution is 2.26. The summed E-state index contributed by atoms with van der Waals surface area (Å²) < 4.78 is 5.10. The molecule has 0 aliphatic carbocycles. The van der Waals surface area contributed by atoms with Gasteiger partial charge in [-0.1, -0.05) is 18.2 Å². The van der Waals surface area contributed by atoms with Crippen molar-refractivity contribution in [2.75, 3.05) is 17.3 Å². The fourth-order valence-electron chi connectivity index (χ4n) is 2.50. The predicted octanol–water partition coefficient (Wildman–Crippen LogP) is 2.58. The Balaban J connectivity index is 1.84. The van der Waals surface area contributed by atoms with Gasteiger partial charge in [0.05, 0.1) is 12.8 Å². The summed E-state index contributed by atoms with van der Waals surface area (Å²) in [4.78, 5) is 26.1. The summed E-state index contributed by atoms with van der Waals surface area (Å²) in [5, 5.41) is 5.77. The zero-order chi connectivity index (χ0) is 16.4.